The van der Waals surface area contributed by atoms with Crippen molar-refractivity contribution in [1.29, 1.82) is 0 Å². The van der Waals surface area contributed by atoms with Crippen molar-refractivity contribution in [3.63, 3.8) is 0 Å². The molecule has 5 heteroatoms. The van der Waals surface area contributed by atoms with Crippen molar-refractivity contribution in [3.05, 3.63) is 95.8 Å². The van der Waals surface area contributed by atoms with E-state index in [2.05, 4.69) is 12.1 Å². The number of hydrogen-bond acceptors (Lipinski definition) is 2. The minimum absolute atomic E-state index is 0.112. The summed E-state index contributed by atoms with van der Waals surface area (Å²) in [5.74, 6) is 0.207. The number of halogens is 1. The topological polar surface area (TPSA) is 38.1 Å². The summed E-state index contributed by atoms with van der Waals surface area (Å²) >= 11 is 0. The van der Waals surface area contributed by atoms with Gasteiger partial charge in [-0.05, 0) is 35.4 Å². The molecular weight excluding hydrogens is 353 g/mol. The molecular formula is C23H20FN3O. The number of nitrogens with zero attached hydrogens (tertiary/aromatic N) is 3. The van der Waals surface area contributed by atoms with Gasteiger partial charge in [0.2, 0.25) is 5.91 Å². The highest BCUT2D eigenvalue weighted by atomic mass is 19.1. The lowest BCUT2D eigenvalue weighted by molar-refractivity contribution is -0.116. The van der Waals surface area contributed by atoms with E-state index in [1.165, 1.54) is 19.1 Å². The van der Waals surface area contributed by atoms with Gasteiger partial charge in [0.25, 0.3) is 0 Å². The largest absolute Gasteiger partial charge is 0.291 e. The zero-order valence-corrected chi connectivity index (χ0v) is 15.5. The molecule has 0 saturated heterocycles. The van der Waals surface area contributed by atoms with Crippen molar-refractivity contribution in [1.82, 2.24) is 9.78 Å². The summed E-state index contributed by atoms with van der Waals surface area (Å²) in [5.41, 5.74) is 2.94. The Bertz CT molecular complexity index is 1100. The molecule has 0 aliphatic carbocycles. The van der Waals surface area contributed by atoms with Crippen molar-refractivity contribution in [3.8, 4) is 0 Å². The van der Waals surface area contributed by atoms with Crippen LogP contribution in [0.5, 0.6) is 0 Å². The molecule has 1 amide bonds. The summed E-state index contributed by atoms with van der Waals surface area (Å²) in [6.07, 6.45) is 0. The molecule has 0 atom stereocenters. The zero-order chi connectivity index (χ0) is 19.5. The average molecular weight is 373 g/mol. The van der Waals surface area contributed by atoms with Gasteiger partial charge in [0.05, 0.1) is 18.6 Å². The number of rotatable bonds is 5. The Morgan fingerprint density at radius 3 is 2.32 bits per heavy atom. The number of fused-ring (bicyclic) bond motifs is 1. The Morgan fingerprint density at radius 1 is 0.929 bits per heavy atom. The molecule has 0 fully saturated rings. The molecule has 0 aliphatic heterocycles. The van der Waals surface area contributed by atoms with E-state index in [1.807, 2.05) is 47.1 Å². The molecule has 0 radical (unpaired) electrons. The van der Waals surface area contributed by atoms with Gasteiger partial charge in [0.15, 0.2) is 5.82 Å². The second-order valence-electron chi connectivity index (χ2n) is 6.72. The lowest BCUT2D eigenvalue weighted by Gasteiger charge is -2.19. The number of anilines is 1. The Kier molecular flexibility index (Phi) is 4.89. The minimum atomic E-state index is -0.296. The first-order valence-electron chi connectivity index (χ1n) is 9.14. The van der Waals surface area contributed by atoms with Crippen LogP contribution in [0.15, 0.2) is 78.9 Å². The molecule has 4 aromatic rings. The number of amides is 1. The fraction of sp³-hybridized carbons (Fsp3) is 0.130. The van der Waals surface area contributed by atoms with E-state index in [4.69, 9.17) is 5.10 Å². The van der Waals surface area contributed by atoms with Crippen LogP contribution in [-0.2, 0) is 17.9 Å². The highest BCUT2D eigenvalue weighted by Crippen LogP contribution is 2.28. The Balaban J connectivity index is 1.75. The van der Waals surface area contributed by atoms with Crippen LogP contribution in [0.25, 0.3) is 10.9 Å². The van der Waals surface area contributed by atoms with Gasteiger partial charge < -0.3 is 0 Å². The van der Waals surface area contributed by atoms with Gasteiger partial charge in [0.1, 0.15) is 5.82 Å². The number of hydrogen-bond donors (Lipinski definition) is 0. The van der Waals surface area contributed by atoms with Gasteiger partial charge in [0, 0.05) is 12.3 Å². The first-order valence-corrected chi connectivity index (χ1v) is 9.14. The van der Waals surface area contributed by atoms with Crippen molar-refractivity contribution < 1.29 is 9.18 Å². The number of carbonyl (C=O) groups is 1. The monoisotopic (exact) mass is 373 g/mol. The Hall–Kier alpha value is -3.47. The first-order chi connectivity index (χ1) is 13.6. The predicted molar refractivity (Wildman–Crippen MR) is 109 cm³/mol. The van der Waals surface area contributed by atoms with Gasteiger partial charge in [-0.1, -0.05) is 54.6 Å². The van der Waals surface area contributed by atoms with Crippen LogP contribution in [0.2, 0.25) is 0 Å². The summed E-state index contributed by atoms with van der Waals surface area (Å²) in [6, 6.07) is 24.2. The van der Waals surface area contributed by atoms with Gasteiger partial charge in [-0.15, -0.1) is 0 Å². The van der Waals surface area contributed by atoms with Gasteiger partial charge >= 0.3 is 0 Å². The Morgan fingerprint density at radius 2 is 1.61 bits per heavy atom. The van der Waals surface area contributed by atoms with Crippen LogP contribution in [0.3, 0.4) is 0 Å². The molecule has 4 rings (SSSR count). The summed E-state index contributed by atoms with van der Waals surface area (Å²) in [7, 11) is 0. The van der Waals surface area contributed by atoms with E-state index in [9.17, 15) is 9.18 Å². The van der Waals surface area contributed by atoms with Crippen LogP contribution in [0.1, 0.15) is 18.1 Å². The van der Waals surface area contributed by atoms with Crippen LogP contribution in [-0.4, -0.2) is 15.7 Å². The fourth-order valence-corrected chi connectivity index (χ4v) is 3.29. The van der Waals surface area contributed by atoms with Crippen LogP contribution in [0.4, 0.5) is 10.2 Å². The van der Waals surface area contributed by atoms with E-state index in [0.29, 0.717) is 18.9 Å². The van der Waals surface area contributed by atoms with Crippen LogP contribution >= 0.6 is 0 Å². The maximum atomic E-state index is 13.2. The second-order valence-corrected chi connectivity index (χ2v) is 6.72. The molecule has 4 nitrogen and oxygen atoms in total. The molecule has 3 aromatic carbocycles. The lowest BCUT2D eigenvalue weighted by Crippen LogP contribution is -2.28. The van der Waals surface area contributed by atoms with Gasteiger partial charge in [-0.2, -0.15) is 5.10 Å². The summed E-state index contributed by atoms with van der Waals surface area (Å²) in [5, 5.41) is 5.68. The van der Waals surface area contributed by atoms with E-state index in [1.54, 1.807) is 17.0 Å². The molecule has 1 heterocycles. The highest BCUT2D eigenvalue weighted by molar-refractivity contribution is 6.00. The molecule has 0 spiro atoms. The minimum Gasteiger partial charge on any atom is -0.291 e. The molecule has 0 unspecified atom stereocenters. The van der Waals surface area contributed by atoms with Crippen molar-refractivity contribution in [2.45, 2.75) is 20.0 Å². The predicted octanol–water partition coefficient (Wildman–Crippen LogP) is 4.78. The highest BCUT2D eigenvalue weighted by Gasteiger charge is 2.20. The third-order valence-corrected chi connectivity index (χ3v) is 4.70. The lowest BCUT2D eigenvalue weighted by atomic mass is 10.2. The molecule has 0 N–H and O–H groups in total. The fourth-order valence-electron chi connectivity index (χ4n) is 3.29. The summed E-state index contributed by atoms with van der Waals surface area (Å²) in [4.78, 5) is 14.1. The van der Waals surface area contributed by atoms with Crippen molar-refractivity contribution in [2.75, 3.05) is 4.90 Å². The number of para-hydroxylation sites is 1. The van der Waals surface area contributed by atoms with Crippen LogP contribution < -0.4 is 4.90 Å². The van der Waals surface area contributed by atoms with E-state index in [-0.39, 0.29) is 11.7 Å². The smallest absolute Gasteiger partial charge is 0.225 e. The number of aromatic nitrogens is 2. The van der Waals surface area contributed by atoms with E-state index < -0.39 is 0 Å². The standard InChI is InChI=1S/C23H20FN3O/c1-17(28)26(15-19-11-13-20(24)14-12-19)23-21-9-5-6-10-22(21)27(25-23)16-18-7-3-2-4-8-18/h2-14H,15-16H2,1H3. The van der Waals surface area contributed by atoms with Gasteiger partial charge in [-0.3, -0.25) is 14.4 Å². The average Bonchev–Trinajstić information content (AvgIpc) is 3.06. The number of benzene rings is 3. The summed E-state index contributed by atoms with van der Waals surface area (Å²) in [6.45, 7) is 2.47. The molecule has 0 saturated carbocycles. The van der Waals surface area contributed by atoms with Gasteiger partial charge in [-0.25, -0.2) is 4.39 Å². The van der Waals surface area contributed by atoms with E-state index in [0.717, 1.165) is 22.0 Å². The maximum Gasteiger partial charge on any atom is 0.225 e. The summed E-state index contributed by atoms with van der Waals surface area (Å²) < 4.78 is 15.1. The normalized spacial score (nSPS) is 10.9. The van der Waals surface area contributed by atoms with E-state index >= 15 is 0 Å². The third-order valence-electron chi connectivity index (χ3n) is 4.70. The number of carbonyl (C=O) groups excluding carboxylic acids is 1. The third kappa shape index (κ3) is 3.64. The molecule has 0 bridgehead atoms. The molecule has 0 aliphatic rings. The van der Waals surface area contributed by atoms with Crippen LogP contribution in [0, 0.1) is 5.82 Å². The first kappa shape index (κ1) is 17.9. The second kappa shape index (κ2) is 7.64. The zero-order valence-electron chi connectivity index (χ0n) is 15.5. The van der Waals surface area contributed by atoms with Crippen molar-refractivity contribution >= 4 is 22.6 Å². The molecule has 1 aromatic heterocycles. The molecule has 140 valence electrons. The molecule has 28 heavy (non-hydrogen) atoms. The van der Waals surface area contributed by atoms with Crippen molar-refractivity contribution in [2.24, 2.45) is 0 Å². The maximum absolute atomic E-state index is 13.2. The quantitative estimate of drug-likeness (QED) is 0.505. The SMILES string of the molecule is CC(=O)N(Cc1ccc(F)cc1)c1nn(Cc2ccccc2)c2ccccc12. The Labute approximate surface area is 162 Å².